The van der Waals surface area contributed by atoms with Gasteiger partial charge in [0.25, 0.3) is 0 Å². The number of amides is 2. The topological polar surface area (TPSA) is 58.6 Å². The van der Waals surface area contributed by atoms with E-state index in [9.17, 15) is 9.59 Å². The molecule has 0 radical (unpaired) electrons. The maximum Gasteiger partial charge on any atom is 0.238 e. The number of nitrogens with one attached hydrogen (secondary N) is 1. The third-order valence-corrected chi connectivity index (χ3v) is 5.13. The molecule has 0 saturated carbocycles. The minimum atomic E-state index is -1.11. The summed E-state index contributed by atoms with van der Waals surface area (Å²) in [7, 11) is 1.61. The van der Waals surface area contributed by atoms with Crippen LogP contribution in [-0.2, 0) is 29.1 Å². The summed E-state index contributed by atoms with van der Waals surface area (Å²) in [5, 5.41) is 2.89. The maximum absolute atomic E-state index is 13.0. The SMILES string of the molecule is COc1ccc(CNC(=O)C(C)(C)C(=O)N2CCc3ccccc3C2)cc1. The molecular formula is C22H26N2O3. The average molecular weight is 366 g/mol. The highest BCUT2D eigenvalue weighted by atomic mass is 16.5. The molecule has 5 heteroatoms. The van der Waals surface area contributed by atoms with Crippen molar-refractivity contribution in [1.29, 1.82) is 0 Å². The number of carbonyl (C=O) groups excluding carboxylic acids is 2. The zero-order chi connectivity index (χ0) is 19.4. The molecular weight excluding hydrogens is 340 g/mol. The molecule has 1 aliphatic rings. The first kappa shape index (κ1) is 19.0. The van der Waals surface area contributed by atoms with E-state index in [0.29, 0.717) is 19.6 Å². The van der Waals surface area contributed by atoms with E-state index < -0.39 is 5.41 Å². The van der Waals surface area contributed by atoms with Crippen LogP contribution in [0.1, 0.15) is 30.5 Å². The van der Waals surface area contributed by atoms with Crippen LogP contribution in [0, 0.1) is 5.41 Å². The Hall–Kier alpha value is -2.82. The molecule has 27 heavy (non-hydrogen) atoms. The molecule has 0 aliphatic carbocycles. The molecule has 2 aromatic rings. The number of fused-ring (bicyclic) bond motifs is 1. The number of nitrogens with zero attached hydrogens (tertiary/aromatic N) is 1. The number of carbonyl (C=O) groups is 2. The minimum absolute atomic E-state index is 0.135. The summed E-state index contributed by atoms with van der Waals surface area (Å²) in [6.07, 6.45) is 0.825. The fraction of sp³-hybridized carbons (Fsp3) is 0.364. The van der Waals surface area contributed by atoms with Gasteiger partial charge in [0.05, 0.1) is 7.11 Å². The summed E-state index contributed by atoms with van der Waals surface area (Å²) in [4.78, 5) is 27.5. The van der Waals surface area contributed by atoms with E-state index in [-0.39, 0.29) is 11.8 Å². The summed E-state index contributed by atoms with van der Waals surface area (Å²) < 4.78 is 5.14. The molecule has 3 rings (SSSR count). The van der Waals surface area contributed by atoms with Crippen LogP contribution in [0.4, 0.5) is 0 Å². The van der Waals surface area contributed by atoms with Gasteiger partial charge >= 0.3 is 0 Å². The van der Waals surface area contributed by atoms with Crippen molar-refractivity contribution in [2.24, 2.45) is 5.41 Å². The fourth-order valence-corrected chi connectivity index (χ4v) is 3.31. The predicted octanol–water partition coefficient (Wildman–Crippen LogP) is 2.92. The Balaban J connectivity index is 1.62. The Morgan fingerprint density at radius 2 is 1.74 bits per heavy atom. The van der Waals surface area contributed by atoms with Crippen LogP contribution < -0.4 is 10.1 Å². The van der Waals surface area contributed by atoms with E-state index >= 15 is 0 Å². The Kier molecular flexibility index (Phi) is 5.49. The minimum Gasteiger partial charge on any atom is -0.497 e. The van der Waals surface area contributed by atoms with Crippen molar-refractivity contribution in [2.75, 3.05) is 13.7 Å². The van der Waals surface area contributed by atoms with Gasteiger partial charge in [0.15, 0.2) is 0 Å². The van der Waals surface area contributed by atoms with Crippen molar-refractivity contribution in [3.05, 3.63) is 65.2 Å². The maximum atomic E-state index is 13.0. The van der Waals surface area contributed by atoms with Gasteiger partial charge in [-0.1, -0.05) is 36.4 Å². The van der Waals surface area contributed by atoms with Crippen LogP contribution >= 0.6 is 0 Å². The van der Waals surface area contributed by atoms with E-state index in [4.69, 9.17) is 4.74 Å². The lowest BCUT2D eigenvalue weighted by atomic mass is 9.88. The first-order valence-corrected chi connectivity index (χ1v) is 9.19. The van der Waals surface area contributed by atoms with Gasteiger partial charge in [-0.05, 0) is 49.1 Å². The second-order valence-electron chi connectivity index (χ2n) is 7.40. The smallest absolute Gasteiger partial charge is 0.238 e. The number of rotatable bonds is 5. The molecule has 1 N–H and O–H groups in total. The van der Waals surface area contributed by atoms with Crippen LogP contribution in [0.25, 0.3) is 0 Å². The number of benzene rings is 2. The predicted molar refractivity (Wildman–Crippen MR) is 104 cm³/mol. The van der Waals surface area contributed by atoms with E-state index in [0.717, 1.165) is 23.3 Å². The summed E-state index contributed by atoms with van der Waals surface area (Å²) in [5.74, 6) is 0.373. The second-order valence-corrected chi connectivity index (χ2v) is 7.40. The van der Waals surface area contributed by atoms with Gasteiger partial charge in [-0.2, -0.15) is 0 Å². The van der Waals surface area contributed by atoms with Crippen LogP contribution in [0.3, 0.4) is 0 Å². The van der Waals surface area contributed by atoms with E-state index in [1.54, 1.807) is 25.9 Å². The third kappa shape index (κ3) is 4.13. The van der Waals surface area contributed by atoms with Gasteiger partial charge in [0.1, 0.15) is 11.2 Å². The van der Waals surface area contributed by atoms with Crippen molar-refractivity contribution < 1.29 is 14.3 Å². The van der Waals surface area contributed by atoms with E-state index in [2.05, 4.69) is 11.4 Å². The molecule has 0 atom stereocenters. The normalized spacial score (nSPS) is 13.7. The summed E-state index contributed by atoms with van der Waals surface area (Å²) >= 11 is 0. The monoisotopic (exact) mass is 366 g/mol. The second kappa shape index (κ2) is 7.82. The van der Waals surface area contributed by atoms with Crippen molar-refractivity contribution in [2.45, 2.75) is 33.4 Å². The standard InChI is InChI=1S/C22H26N2O3/c1-22(2,20(25)23-14-16-8-10-19(27-3)11-9-16)21(26)24-13-12-17-6-4-5-7-18(17)15-24/h4-11H,12-15H2,1-3H3,(H,23,25). The number of methoxy groups -OCH3 is 1. The fourth-order valence-electron chi connectivity index (χ4n) is 3.31. The summed E-state index contributed by atoms with van der Waals surface area (Å²) in [5.41, 5.74) is 2.29. The molecule has 1 aliphatic heterocycles. The van der Waals surface area contributed by atoms with E-state index in [1.165, 1.54) is 5.56 Å². The zero-order valence-corrected chi connectivity index (χ0v) is 16.1. The van der Waals surface area contributed by atoms with Crippen LogP contribution in [0.2, 0.25) is 0 Å². The molecule has 142 valence electrons. The lowest BCUT2D eigenvalue weighted by Crippen LogP contribution is -2.50. The highest BCUT2D eigenvalue weighted by Crippen LogP contribution is 2.25. The highest BCUT2D eigenvalue weighted by molar-refractivity contribution is 6.04. The third-order valence-electron chi connectivity index (χ3n) is 5.13. The number of hydrogen-bond donors (Lipinski definition) is 1. The molecule has 0 aromatic heterocycles. The lowest BCUT2D eigenvalue weighted by molar-refractivity contribution is -0.149. The molecule has 0 spiro atoms. The van der Waals surface area contributed by atoms with Crippen molar-refractivity contribution in [3.63, 3.8) is 0 Å². The van der Waals surface area contributed by atoms with Gasteiger partial charge < -0.3 is 15.0 Å². The van der Waals surface area contributed by atoms with Gasteiger partial charge in [-0.3, -0.25) is 9.59 Å². The Labute approximate surface area is 160 Å². The molecule has 0 saturated heterocycles. The van der Waals surface area contributed by atoms with Crippen LogP contribution in [-0.4, -0.2) is 30.4 Å². The van der Waals surface area contributed by atoms with Gasteiger partial charge in [0, 0.05) is 19.6 Å². The lowest BCUT2D eigenvalue weighted by Gasteiger charge is -2.34. The van der Waals surface area contributed by atoms with Crippen molar-refractivity contribution in [3.8, 4) is 5.75 Å². The number of ether oxygens (including phenoxy) is 1. The molecule has 2 aromatic carbocycles. The van der Waals surface area contributed by atoms with Crippen LogP contribution in [0.5, 0.6) is 5.75 Å². The van der Waals surface area contributed by atoms with Crippen LogP contribution in [0.15, 0.2) is 48.5 Å². The van der Waals surface area contributed by atoms with Gasteiger partial charge in [-0.15, -0.1) is 0 Å². The Morgan fingerprint density at radius 3 is 2.41 bits per heavy atom. The quantitative estimate of drug-likeness (QED) is 0.828. The first-order chi connectivity index (χ1) is 12.9. The van der Waals surface area contributed by atoms with E-state index in [1.807, 2.05) is 42.5 Å². The summed E-state index contributed by atoms with van der Waals surface area (Å²) in [6.45, 7) is 4.97. The van der Waals surface area contributed by atoms with Crippen molar-refractivity contribution >= 4 is 11.8 Å². The van der Waals surface area contributed by atoms with Gasteiger partial charge in [0.2, 0.25) is 11.8 Å². The zero-order valence-electron chi connectivity index (χ0n) is 16.1. The largest absolute Gasteiger partial charge is 0.497 e. The highest BCUT2D eigenvalue weighted by Gasteiger charge is 2.39. The molecule has 2 amide bonds. The average Bonchev–Trinajstić information content (AvgIpc) is 2.71. The molecule has 0 unspecified atom stereocenters. The molecule has 1 heterocycles. The first-order valence-electron chi connectivity index (χ1n) is 9.19. The molecule has 0 fully saturated rings. The summed E-state index contributed by atoms with van der Waals surface area (Å²) in [6, 6.07) is 15.7. The van der Waals surface area contributed by atoms with Gasteiger partial charge in [-0.25, -0.2) is 0 Å². The number of hydrogen-bond acceptors (Lipinski definition) is 3. The molecule has 0 bridgehead atoms. The Bertz CT molecular complexity index is 828. The molecule has 5 nitrogen and oxygen atoms in total. The van der Waals surface area contributed by atoms with Crippen molar-refractivity contribution in [1.82, 2.24) is 10.2 Å². The Morgan fingerprint density at radius 1 is 1.07 bits per heavy atom.